The molecule has 0 saturated heterocycles. The summed E-state index contributed by atoms with van der Waals surface area (Å²) in [6.45, 7) is -0.513. The lowest BCUT2D eigenvalue weighted by atomic mass is 9.99. The largest absolute Gasteiger partial charge is 0.478 e. The van der Waals surface area contributed by atoms with E-state index in [2.05, 4.69) is 10.3 Å². The molecule has 1 amide bonds. The number of aromatic nitrogens is 1. The Morgan fingerprint density at radius 3 is 2.37 bits per heavy atom. The number of ether oxygens (including phenoxy) is 1. The van der Waals surface area contributed by atoms with Crippen molar-refractivity contribution in [2.75, 3.05) is 11.9 Å². The Labute approximate surface area is 198 Å². The highest BCUT2D eigenvalue weighted by Gasteiger charge is 2.19. The minimum Gasteiger partial charge on any atom is -0.478 e. The SMILES string of the molecule is O=C(COC(=O)c1cccc2cccc(-c3nc4ccccc4o3)c12)Nc1ccc(C(=O)O)cc1. The molecular weight excluding hydrogens is 448 g/mol. The number of hydrogen-bond donors (Lipinski definition) is 2. The van der Waals surface area contributed by atoms with Gasteiger partial charge in [0.05, 0.1) is 11.1 Å². The van der Waals surface area contributed by atoms with Crippen molar-refractivity contribution in [3.05, 3.63) is 96.1 Å². The van der Waals surface area contributed by atoms with Crippen LogP contribution in [0.2, 0.25) is 0 Å². The molecule has 2 N–H and O–H groups in total. The van der Waals surface area contributed by atoms with Crippen molar-refractivity contribution < 1.29 is 28.6 Å². The van der Waals surface area contributed by atoms with Gasteiger partial charge in [0.25, 0.3) is 5.91 Å². The number of aromatic carboxylic acids is 1. The zero-order chi connectivity index (χ0) is 24.4. The molecule has 0 spiro atoms. The Morgan fingerprint density at radius 1 is 0.886 bits per heavy atom. The number of hydrogen-bond acceptors (Lipinski definition) is 6. The number of benzene rings is 4. The maximum Gasteiger partial charge on any atom is 0.339 e. The summed E-state index contributed by atoms with van der Waals surface area (Å²) < 4.78 is 11.2. The first-order valence-corrected chi connectivity index (χ1v) is 10.7. The van der Waals surface area contributed by atoms with Crippen molar-refractivity contribution in [2.24, 2.45) is 0 Å². The second-order valence-corrected chi connectivity index (χ2v) is 7.70. The summed E-state index contributed by atoms with van der Waals surface area (Å²) in [6.07, 6.45) is 0. The van der Waals surface area contributed by atoms with E-state index in [9.17, 15) is 14.4 Å². The smallest absolute Gasteiger partial charge is 0.339 e. The highest BCUT2D eigenvalue weighted by molar-refractivity contribution is 6.10. The minimum absolute atomic E-state index is 0.0973. The average Bonchev–Trinajstić information content (AvgIpc) is 3.31. The van der Waals surface area contributed by atoms with Crippen LogP contribution in [0, 0.1) is 0 Å². The van der Waals surface area contributed by atoms with Gasteiger partial charge in [0.15, 0.2) is 12.2 Å². The zero-order valence-corrected chi connectivity index (χ0v) is 18.2. The van der Waals surface area contributed by atoms with Crippen molar-refractivity contribution in [3.8, 4) is 11.5 Å². The van der Waals surface area contributed by atoms with Crippen LogP contribution in [-0.2, 0) is 9.53 Å². The van der Waals surface area contributed by atoms with Gasteiger partial charge in [-0.25, -0.2) is 14.6 Å². The lowest BCUT2D eigenvalue weighted by molar-refractivity contribution is -0.119. The molecular formula is C27H18N2O6. The Bertz CT molecular complexity index is 1550. The van der Waals surface area contributed by atoms with Crippen LogP contribution in [0.3, 0.4) is 0 Å². The number of para-hydroxylation sites is 2. The number of amides is 1. The minimum atomic E-state index is -1.07. The number of anilines is 1. The number of rotatable bonds is 6. The first-order chi connectivity index (χ1) is 17.0. The second-order valence-electron chi connectivity index (χ2n) is 7.70. The Kier molecular flexibility index (Phi) is 5.68. The van der Waals surface area contributed by atoms with Gasteiger partial charge in [0.2, 0.25) is 5.89 Å². The summed E-state index contributed by atoms with van der Waals surface area (Å²) in [6, 6.07) is 23.8. The number of fused-ring (bicyclic) bond motifs is 2. The van der Waals surface area contributed by atoms with Gasteiger partial charge in [-0.3, -0.25) is 4.79 Å². The summed E-state index contributed by atoms with van der Waals surface area (Å²) >= 11 is 0. The van der Waals surface area contributed by atoms with E-state index in [-0.39, 0.29) is 11.1 Å². The van der Waals surface area contributed by atoms with Crippen molar-refractivity contribution in [2.45, 2.75) is 0 Å². The van der Waals surface area contributed by atoms with E-state index >= 15 is 0 Å². The van der Waals surface area contributed by atoms with E-state index in [1.165, 1.54) is 24.3 Å². The van der Waals surface area contributed by atoms with E-state index in [0.29, 0.717) is 33.6 Å². The molecule has 0 bridgehead atoms. The molecule has 0 aliphatic carbocycles. The lowest BCUT2D eigenvalue weighted by Crippen LogP contribution is -2.21. The highest BCUT2D eigenvalue weighted by Crippen LogP contribution is 2.33. The molecule has 1 heterocycles. The van der Waals surface area contributed by atoms with E-state index in [4.69, 9.17) is 14.3 Å². The van der Waals surface area contributed by atoms with E-state index < -0.39 is 24.5 Å². The van der Waals surface area contributed by atoms with Gasteiger partial charge >= 0.3 is 11.9 Å². The van der Waals surface area contributed by atoms with Crippen LogP contribution in [0.25, 0.3) is 33.3 Å². The van der Waals surface area contributed by atoms with E-state index in [0.717, 1.165) is 5.39 Å². The van der Waals surface area contributed by atoms with Gasteiger partial charge in [-0.1, -0.05) is 36.4 Å². The summed E-state index contributed by atoms with van der Waals surface area (Å²) in [5.41, 5.74) is 2.73. The van der Waals surface area contributed by atoms with Gasteiger partial charge in [0.1, 0.15) is 5.52 Å². The van der Waals surface area contributed by atoms with Crippen LogP contribution in [0.15, 0.2) is 89.3 Å². The van der Waals surface area contributed by atoms with Crippen molar-refractivity contribution in [1.29, 1.82) is 0 Å². The first-order valence-electron chi connectivity index (χ1n) is 10.7. The number of oxazole rings is 1. The van der Waals surface area contributed by atoms with Crippen LogP contribution in [0.4, 0.5) is 5.69 Å². The normalized spacial score (nSPS) is 10.9. The summed E-state index contributed by atoms with van der Waals surface area (Å²) in [7, 11) is 0. The van der Waals surface area contributed by atoms with Crippen LogP contribution < -0.4 is 5.32 Å². The number of carboxylic acids is 1. The van der Waals surface area contributed by atoms with Gasteiger partial charge in [-0.05, 0) is 53.9 Å². The average molecular weight is 466 g/mol. The van der Waals surface area contributed by atoms with Crippen molar-refractivity contribution in [1.82, 2.24) is 4.98 Å². The molecule has 0 atom stereocenters. The van der Waals surface area contributed by atoms with Crippen molar-refractivity contribution >= 4 is 45.4 Å². The molecule has 4 aromatic carbocycles. The number of nitrogens with zero attached hydrogens (tertiary/aromatic N) is 1. The first kappa shape index (κ1) is 21.8. The molecule has 172 valence electrons. The molecule has 0 aliphatic rings. The predicted molar refractivity (Wildman–Crippen MR) is 129 cm³/mol. The van der Waals surface area contributed by atoms with Gasteiger partial charge < -0.3 is 19.6 Å². The molecule has 0 aliphatic heterocycles. The Morgan fingerprint density at radius 2 is 1.63 bits per heavy atom. The number of carboxylic acid groups (broad SMARTS) is 1. The number of carbonyl (C=O) groups is 3. The molecule has 0 saturated carbocycles. The van der Waals surface area contributed by atoms with E-state index in [1.807, 2.05) is 48.5 Å². The molecule has 8 heteroatoms. The fourth-order valence-corrected chi connectivity index (χ4v) is 3.78. The maximum atomic E-state index is 13.0. The number of esters is 1. The molecule has 5 aromatic rings. The van der Waals surface area contributed by atoms with Crippen molar-refractivity contribution in [3.63, 3.8) is 0 Å². The highest BCUT2D eigenvalue weighted by atomic mass is 16.5. The summed E-state index contributed by atoms with van der Waals surface area (Å²) in [5.74, 6) is -1.92. The quantitative estimate of drug-likeness (QED) is 0.333. The van der Waals surface area contributed by atoms with Crippen LogP contribution >= 0.6 is 0 Å². The Balaban J connectivity index is 1.38. The van der Waals surface area contributed by atoms with Crippen LogP contribution in [0.5, 0.6) is 0 Å². The third-order valence-electron chi connectivity index (χ3n) is 5.40. The molecule has 0 fully saturated rings. The van der Waals surface area contributed by atoms with E-state index in [1.54, 1.807) is 12.1 Å². The maximum absolute atomic E-state index is 13.0. The fraction of sp³-hybridized carbons (Fsp3) is 0.0370. The summed E-state index contributed by atoms with van der Waals surface area (Å²) in [5, 5.41) is 12.9. The molecule has 35 heavy (non-hydrogen) atoms. The second kappa shape index (κ2) is 9.11. The monoisotopic (exact) mass is 466 g/mol. The topological polar surface area (TPSA) is 119 Å². The summed E-state index contributed by atoms with van der Waals surface area (Å²) in [4.78, 5) is 40.8. The molecule has 5 rings (SSSR count). The molecule has 1 aromatic heterocycles. The fourth-order valence-electron chi connectivity index (χ4n) is 3.78. The zero-order valence-electron chi connectivity index (χ0n) is 18.2. The standard InChI is InChI=1S/C27H18N2O6/c30-23(28-18-13-11-17(12-14-18)26(31)32)15-34-27(33)20-8-4-6-16-5-3-7-19(24(16)20)25-29-21-9-1-2-10-22(21)35-25/h1-14H,15H2,(H,28,30)(H,31,32). The predicted octanol–water partition coefficient (Wildman–Crippen LogP) is 5.14. The lowest BCUT2D eigenvalue weighted by Gasteiger charge is -2.10. The number of nitrogens with one attached hydrogen (secondary N) is 1. The molecule has 0 radical (unpaired) electrons. The third-order valence-corrected chi connectivity index (χ3v) is 5.40. The van der Waals surface area contributed by atoms with Crippen LogP contribution in [-0.4, -0.2) is 34.5 Å². The number of carbonyl (C=O) groups excluding carboxylic acids is 2. The van der Waals surface area contributed by atoms with Gasteiger partial charge in [-0.2, -0.15) is 0 Å². The van der Waals surface area contributed by atoms with Gasteiger partial charge in [-0.15, -0.1) is 0 Å². The molecule has 8 nitrogen and oxygen atoms in total. The van der Waals surface area contributed by atoms with Crippen LogP contribution in [0.1, 0.15) is 20.7 Å². The Hall–Kier alpha value is -4.98. The van der Waals surface area contributed by atoms with Gasteiger partial charge in [0, 0.05) is 16.6 Å². The third kappa shape index (κ3) is 4.45. The molecule has 0 unspecified atom stereocenters.